The Bertz CT molecular complexity index is 1870. The Kier molecular flexibility index (Phi) is 15.3. The van der Waals surface area contributed by atoms with Gasteiger partial charge in [0.05, 0.1) is 23.9 Å². The van der Waals surface area contributed by atoms with Gasteiger partial charge >= 0.3 is 0 Å². The number of amides is 5. The Morgan fingerprint density at radius 3 is 1.51 bits per heavy atom. The van der Waals surface area contributed by atoms with Gasteiger partial charge in [0.2, 0.25) is 17.7 Å². The molecule has 11 nitrogen and oxygen atoms in total. The van der Waals surface area contributed by atoms with Crippen molar-refractivity contribution >= 4 is 29.5 Å². The Balaban J connectivity index is 0.981. The summed E-state index contributed by atoms with van der Waals surface area (Å²) in [6, 6.07) is 26.8. The maximum absolute atomic E-state index is 14.1. The van der Waals surface area contributed by atoms with Crippen molar-refractivity contribution in [2.24, 2.45) is 17.8 Å². The average Bonchev–Trinajstić information content (AvgIpc) is 4.14. The second-order valence-electron chi connectivity index (χ2n) is 17.7. The van der Waals surface area contributed by atoms with Gasteiger partial charge in [0.15, 0.2) is 0 Å². The van der Waals surface area contributed by atoms with Gasteiger partial charge in [-0.3, -0.25) is 24.0 Å². The summed E-state index contributed by atoms with van der Waals surface area (Å²) in [5.41, 5.74) is 3.15. The van der Waals surface area contributed by atoms with Crippen molar-refractivity contribution in [3.63, 3.8) is 0 Å². The second kappa shape index (κ2) is 21.2. The van der Waals surface area contributed by atoms with Gasteiger partial charge in [0.25, 0.3) is 11.8 Å². The van der Waals surface area contributed by atoms with Gasteiger partial charge < -0.3 is 30.5 Å². The fourth-order valence-corrected chi connectivity index (χ4v) is 9.24. The van der Waals surface area contributed by atoms with Crippen LogP contribution in [0, 0.1) is 17.8 Å². The fraction of sp³-hybridized carbons (Fsp3) is 0.540. The first-order valence-electron chi connectivity index (χ1n) is 23.0. The standard InChI is InChI=1S/C50H65N5O6/c1-3-5-7-9-17-27-61-45-33-55(32-42(45)46(56)51-26-16-8-6-4-2)50(60)37-24-22-36(23-25-37)49(59)54-30-40(47(57)52-43-28-38(43)34-18-12-10-13-19-34)41(31-54)48(58)53-44-29-39(44)35-20-14-11-15-21-35/h10-15,18-25,38-45H,3-9,16-17,26-33H2,1-2H3,(H,51,56)(H,52,57)(H,53,58)/t38-,39?,40-,41-,42+,43+,44+,45+/m1/s1. The minimum atomic E-state index is -0.695. The lowest BCUT2D eigenvalue weighted by Gasteiger charge is -2.18. The van der Waals surface area contributed by atoms with Crippen LogP contribution < -0.4 is 16.0 Å². The first kappa shape index (κ1) is 44.0. The van der Waals surface area contributed by atoms with Crippen LogP contribution in [0.1, 0.15) is 128 Å². The Hall–Kier alpha value is -5.03. The quantitative estimate of drug-likeness (QED) is 0.101. The summed E-state index contributed by atoms with van der Waals surface area (Å²) in [6.45, 7) is 6.34. The molecule has 0 radical (unpaired) electrons. The summed E-state index contributed by atoms with van der Waals surface area (Å²) in [6.07, 6.45) is 11.1. The highest BCUT2D eigenvalue weighted by atomic mass is 16.5. The van der Waals surface area contributed by atoms with Gasteiger partial charge in [0.1, 0.15) is 0 Å². The third-order valence-electron chi connectivity index (χ3n) is 13.2. The van der Waals surface area contributed by atoms with Crippen LogP contribution in [0.4, 0.5) is 0 Å². The van der Waals surface area contributed by atoms with Crippen LogP contribution in [0.15, 0.2) is 84.9 Å². The molecule has 0 bridgehead atoms. The maximum Gasteiger partial charge on any atom is 0.253 e. The fourth-order valence-electron chi connectivity index (χ4n) is 9.24. The van der Waals surface area contributed by atoms with Crippen molar-refractivity contribution in [3.05, 3.63) is 107 Å². The van der Waals surface area contributed by atoms with Crippen LogP contribution in [-0.4, -0.2) is 96.9 Å². The van der Waals surface area contributed by atoms with Crippen LogP contribution in [0.2, 0.25) is 0 Å². The molecule has 11 heteroatoms. The van der Waals surface area contributed by atoms with E-state index in [2.05, 4.69) is 54.1 Å². The van der Waals surface area contributed by atoms with Crippen LogP contribution in [0.25, 0.3) is 0 Å². The number of likely N-dealkylation sites (tertiary alicyclic amines) is 2. The Morgan fingerprint density at radius 2 is 1.00 bits per heavy atom. The largest absolute Gasteiger partial charge is 0.375 e. The summed E-state index contributed by atoms with van der Waals surface area (Å²) in [5, 5.41) is 9.48. The van der Waals surface area contributed by atoms with Crippen molar-refractivity contribution in [2.45, 2.75) is 114 Å². The van der Waals surface area contributed by atoms with Gasteiger partial charge in [-0.15, -0.1) is 0 Å². The highest BCUT2D eigenvalue weighted by molar-refractivity contribution is 5.99. The normalized spacial score (nSPS) is 25.2. The molecule has 1 unspecified atom stereocenters. The zero-order valence-electron chi connectivity index (χ0n) is 36.1. The SMILES string of the molecule is CCCCCCCO[C@H]1CN(C(=O)c2ccc(C(=O)N3C[C@@H](C(=O)N[C@H]4CC4c4ccccc4)[C@H](C(=O)N[C@H]4C[C@@H]4c4ccccc4)C3)cc2)C[C@@H]1C(=O)NCCCCCC. The van der Waals surface area contributed by atoms with E-state index >= 15 is 0 Å². The Morgan fingerprint density at radius 1 is 0.541 bits per heavy atom. The number of carbonyl (C=O) groups excluding carboxylic acids is 5. The van der Waals surface area contributed by atoms with E-state index < -0.39 is 17.8 Å². The number of benzene rings is 3. The smallest absolute Gasteiger partial charge is 0.253 e. The van der Waals surface area contributed by atoms with Crippen LogP contribution >= 0.6 is 0 Å². The molecule has 2 aliphatic carbocycles. The number of ether oxygens (including phenoxy) is 1. The van der Waals surface area contributed by atoms with E-state index in [0.29, 0.717) is 30.8 Å². The highest BCUT2D eigenvalue weighted by Gasteiger charge is 2.49. The average molecular weight is 832 g/mol. The van der Waals surface area contributed by atoms with Gasteiger partial charge in [0, 0.05) is 74.4 Å². The molecule has 2 heterocycles. The predicted molar refractivity (Wildman–Crippen MR) is 236 cm³/mol. The van der Waals surface area contributed by atoms with E-state index in [1.807, 2.05) is 36.4 Å². The number of hydrogen-bond acceptors (Lipinski definition) is 6. The van der Waals surface area contributed by atoms with Crippen molar-refractivity contribution in [1.82, 2.24) is 25.8 Å². The zero-order chi connectivity index (χ0) is 42.7. The summed E-state index contributed by atoms with van der Waals surface area (Å²) >= 11 is 0. The first-order valence-corrected chi connectivity index (χ1v) is 23.0. The lowest BCUT2D eigenvalue weighted by molar-refractivity contribution is -0.133. The zero-order valence-corrected chi connectivity index (χ0v) is 36.1. The number of unbranched alkanes of at least 4 members (excludes halogenated alkanes) is 7. The molecule has 4 fully saturated rings. The molecule has 3 aromatic rings. The minimum Gasteiger partial charge on any atom is -0.375 e. The number of hydrogen-bond donors (Lipinski definition) is 3. The van der Waals surface area contributed by atoms with Crippen LogP contribution in [-0.2, 0) is 19.1 Å². The molecule has 61 heavy (non-hydrogen) atoms. The molecule has 4 aliphatic rings. The molecule has 3 N–H and O–H groups in total. The molecule has 326 valence electrons. The van der Waals surface area contributed by atoms with E-state index in [9.17, 15) is 24.0 Å². The van der Waals surface area contributed by atoms with Crippen LogP contribution in [0.3, 0.4) is 0 Å². The topological polar surface area (TPSA) is 137 Å². The maximum atomic E-state index is 14.1. The third kappa shape index (κ3) is 11.5. The van der Waals surface area contributed by atoms with Crippen molar-refractivity contribution < 1.29 is 28.7 Å². The number of rotatable bonds is 21. The van der Waals surface area contributed by atoms with E-state index in [-0.39, 0.29) is 79.2 Å². The first-order chi connectivity index (χ1) is 29.7. The number of nitrogens with one attached hydrogen (secondary N) is 3. The predicted octanol–water partition coefficient (Wildman–Crippen LogP) is 6.84. The van der Waals surface area contributed by atoms with Crippen LogP contribution in [0.5, 0.6) is 0 Å². The van der Waals surface area contributed by atoms with Gasteiger partial charge in [-0.2, -0.15) is 0 Å². The third-order valence-corrected chi connectivity index (χ3v) is 13.2. The van der Waals surface area contributed by atoms with E-state index in [4.69, 9.17) is 4.74 Å². The minimum absolute atomic E-state index is 0.00690. The van der Waals surface area contributed by atoms with Gasteiger partial charge in [-0.1, -0.05) is 119 Å². The Labute approximate surface area is 361 Å². The van der Waals surface area contributed by atoms with E-state index in [1.165, 1.54) is 24.0 Å². The van der Waals surface area contributed by atoms with E-state index in [0.717, 1.165) is 57.8 Å². The summed E-state index contributed by atoms with van der Waals surface area (Å²) in [4.78, 5) is 72.4. The van der Waals surface area contributed by atoms with Gasteiger partial charge in [-0.25, -0.2) is 0 Å². The molecule has 2 aliphatic heterocycles. The summed E-state index contributed by atoms with van der Waals surface area (Å²) in [7, 11) is 0. The van der Waals surface area contributed by atoms with Crippen molar-refractivity contribution in [3.8, 4) is 0 Å². The molecular formula is C50H65N5O6. The van der Waals surface area contributed by atoms with Crippen molar-refractivity contribution in [2.75, 3.05) is 39.3 Å². The van der Waals surface area contributed by atoms with Crippen molar-refractivity contribution in [1.29, 1.82) is 0 Å². The molecule has 5 amide bonds. The molecule has 3 aromatic carbocycles. The number of nitrogens with zero attached hydrogens (tertiary/aromatic N) is 2. The highest BCUT2D eigenvalue weighted by Crippen LogP contribution is 2.42. The molecule has 2 saturated carbocycles. The lowest BCUT2D eigenvalue weighted by Crippen LogP contribution is -2.43. The summed E-state index contributed by atoms with van der Waals surface area (Å²) in [5.74, 6) is -2.37. The van der Waals surface area contributed by atoms with Gasteiger partial charge in [-0.05, 0) is 61.1 Å². The lowest BCUT2D eigenvalue weighted by atomic mass is 9.94. The summed E-state index contributed by atoms with van der Waals surface area (Å²) < 4.78 is 6.27. The molecular weight excluding hydrogens is 767 g/mol. The molecule has 8 atom stereocenters. The molecule has 2 saturated heterocycles. The number of carbonyl (C=O) groups is 5. The monoisotopic (exact) mass is 831 g/mol. The van der Waals surface area contributed by atoms with E-state index in [1.54, 1.807) is 34.1 Å². The molecule has 7 rings (SSSR count). The molecule has 0 aromatic heterocycles. The molecule has 0 spiro atoms. The second-order valence-corrected chi connectivity index (χ2v) is 17.7.